The summed E-state index contributed by atoms with van der Waals surface area (Å²) in [5.41, 5.74) is 0. The molecule has 0 radical (unpaired) electrons. The van der Waals surface area contributed by atoms with Crippen molar-refractivity contribution < 1.29 is 9.84 Å². The Hall–Kier alpha value is -1.81. The Bertz CT molecular complexity index is 569. The van der Waals surface area contributed by atoms with Gasteiger partial charge in [0.05, 0.1) is 7.11 Å². The van der Waals surface area contributed by atoms with Gasteiger partial charge in [0.15, 0.2) is 0 Å². The lowest BCUT2D eigenvalue weighted by Crippen LogP contribution is -2.33. The fourth-order valence-electron chi connectivity index (χ4n) is 2.34. The van der Waals surface area contributed by atoms with Crippen LogP contribution in [0.5, 0.6) is 5.75 Å². The zero-order chi connectivity index (χ0) is 14.5. The molecule has 4 heteroatoms. The predicted molar refractivity (Wildman–Crippen MR) is 82.5 cm³/mol. The van der Waals surface area contributed by atoms with E-state index in [4.69, 9.17) is 9.84 Å². The van der Waals surface area contributed by atoms with Crippen LogP contribution >= 0.6 is 0 Å². The first kappa shape index (κ1) is 14.6. The quantitative estimate of drug-likeness (QED) is 0.880. The molecule has 0 aliphatic rings. The summed E-state index contributed by atoms with van der Waals surface area (Å²) in [6.07, 6.45) is 2.57. The van der Waals surface area contributed by atoms with Crippen molar-refractivity contribution in [3.63, 3.8) is 0 Å². The van der Waals surface area contributed by atoms with Crippen LogP contribution in [-0.4, -0.2) is 36.4 Å². The minimum atomic E-state index is 0.192. The van der Waals surface area contributed by atoms with Crippen molar-refractivity contribution in [1.82, 2.24) is 4.98 Å². The van der Waals surface area contributed by atoms with Gasteiger partial charge in [-0.3, -0.25) is 0 Å². The van der Waals surface area contributed by atoms with Crippen molar-refractivity contribution in [3.05, 3.63) is 30.5 Å². The van der Waals surface area contributed by atoms with Gasteiger partial charge in [-0.25, -0.2) is 4.98 Å². The smallest absolute Gasteiger partial charge is 0.136 e. The van der Waals surface area contributed by atoms with Crippen molar-refractivity contribution >= 4 is 16.6 Å². The normalized spacial score (nSPS) is 11.1. The van der Waals surface area contributed by atoms with E-state index in [-0.39, 0.29) is 6.61 Å². The highest BCUT2D eigenvalue weighted by Crippen LogP contribution is 2.29. The van der Waals surface area contributed by atoms with Gasteiger partial charge in [0, 0.05) is 30.8 Å². The molecule has 1 aromatic heterocycles. The van der Waals surface area contributed by atoms with Crippen LogP contribution in [0.1, 0.15) is 20.3 Å². The van der Waals surface area contributed by atoms with Gasteiger partial charge in [0.1, 0.15) is 11.6 Å². The van der Waals surface area contributed by atoms with E-state index in [1.807, 2.05) is 30.5 Å². The van der Waals surface area contributed by atoms with E-state index in [0.717, 1.165) is 35.3 Å². The average Bonchev–Trinajstić information content (AvgIpc) is 2.47. The van der Waals surface area contributed by atoms with E-state index >= 15 is 0 Å². The van der Waals surface area contributed by atoms with Crippen molar-refractivity contribution in [3.8, 4) is 5.75 Å². The Morgan fingerprint density at radius 2 is 2.10 bits per heavy atom. The molecule has 0 bridgehead atoms. The summed E-state index contributed by atoms with van der Waals surface area (Å²) in [4.78, 5) is 6.77. The van der Waals surface area contributed by atoms with Crippen molar-refractivity contribution in [2.45, 2.75) is 26.3 Å². The summed E-state index contributed by atoms with van der Waals surface area (Å²) >= 11 is 0. The minimum absolute atomic E-state index is 0.192. The number of aromatic nitrogens is 1. The Balaban J connectivity index is 2.49. The minimum Gasteiger partial charge on any atom is -0.497 e. The summed E-state index contributed by atoms with van der Waals surface area (Å²) in [5, 5.41) is 11.3. The van der Waals surface area contributed by atoms with Gasteiger partial charge < -0.3 is 14.7 Å². The molecular formula is C16H22N2O2. The summed E-state index contributed by atoms with van der Waals surface area (Å²) in [7, 11) is 1.67. The highest BCUT2D eigenvalue weighted by Gasteiger charge is 2.15. The molecule has 0 aliphatic heterocycles. The van der Waals surface area contributed by atoms with E-state index in [1.54, 1.807) is 7.11 Å². The molecule has 0 amide bonds. The lowest BCUT2D eigenvalue weighted by Gasteiger charge is -2.28. The molecular weight excluding hydrogens is 252 g/mol. The van der Waals surface area contributed by atoms with E-state index in [2.05, 4.69) is 23.7 Å². The van der Waals surface area contributed by atoms with Gasteiger partial charge >= 0.3 is 0 Å². The second kappa shape index (κ2) is 6.57. The molecule has 0 fully saturated rings. The fourth-order valence-corrected chi connectivity index (χ4v) is 2.34. The third-order valence-electron chi connectivity index (χ3n) is 3.40. The highest BCUT2D eigenvalue weighted by molar-refractivity contribution is 5.93. The maximum atomic E-state index is 9.07. The number of rotatable bonds is 6. The summed E-state index contributed by atoms with van der Waals surface area (Å²) < 4.78 is 5.31. The molecule has 0 saturated heterocycles. The molecule has 0 saturated carbocycles. The summed E-state index contributed by atoms with van der Waals surface area (Å²) in [5.74, 6) is 1.78. The lowest BCUT2D eigenvalue weighted by molar-refractivity contribution is 0.288. The fraction of sp³-hybridized carbons (Fsp3) is 0.438. The SMILES string of the molecule is COc1ccc2ccnc(N(CCCO)C(C)C)c2c1. The number of benzene rings is 1. The van der Waals surface area contributed by atoms with Gasteiger partial charge in [0.25, 0.3) is 0 Å². The van der Waals surface area contributed by atoms with Crippen LogP contribution in [0, 0.1) is 0 Å². The van der Waals surface area contributed by atoms with E-state index in [1.165, 1.54) is 0 Å². The molecule has 4 nitrogen and oxygen atoms in total. The second-order valence-corrected chi connectivity index (χ2v) is 5.09. The number of ether oxygens (including phenoxy) is 1. The van der Waals surface area contributed by atoms with Crippen molar-refractivity contribution in [1.29, 1.82) is 0 Å². The molecule has 2 rings (SSSR count). The molecule has 20 heavy (non-hydrogen) atoms. The number of anilines is 1. The second-order valence-electron chi connectivity index (χ2n) is 5.09. The van der Waals surface area contributed by atoms with E-state index in [0.29, 0.717) is 6.04 Å². The Morgan fingerprint density at radius 1 is 1.30 bits per heavy atom. The molecule has 2 aromatic rings. The number of aliphatic hydroxyl groups excluding tert-OH is 1. The third-order valence-corrected chi connectivity index (χ3v) is 3.40. The first-order valence-electron chi connectivity index (χ1n) is 6.97. The highest BCUT2D eigenvalue weighted by atomic mass is 16.5. The monoisotopic (exact) mass is 274 g/mol. The zero-order valence-electron chi connectivity index (χ0n) is 12.3. The first-order chi connectivity index (χ1) is 9.67. The largest absolute Gasteiger partial charge is 0.497 e. The maximum Gasteiger partial charge on any atom is 0.136 e. The number of methoxy groups -OCH3 is 1. The Kier molecular flexibility index (Phi) is 4.79. The number of hydrogen-bond donors (Lipinski definition) is 1. The van der Waals surface area contributed by atoms with Gasteiger partial charge in [0.2, 0.25) is 0 Å². The van der Waals surface area contributed by atoms with E-state index in [9.17, 15) is 0 Å². The van der Waals surface area contributed by atoms with Crippen LogP contribution in [0.3, 0.4) is 0 Å². The van der Waals surface area contributed by atoms with Crippen LogP contribution < -0.4 is 9.64 Å². The molecule has 0 unspecified atom stereocenters. The number of fused-ring (bicyclic) bond motifs is 1. The van der Waals surface area contributed by atoms with E-state index < -0.39 is 0 Å². The molecule has 0 atom stereocenters. The molecule has 0 aliphatic carbocycles. The standard InChI is InChI=1S/C16H22N2O2/c1-12(2)18(9-4-10-19)16-15-11-14(20-3)6-5-13(15)7-8-17-16/h5-8,11-12,19H,4,9-10H2,1-3H3. The number of hydrogen-bond acceptors (Lipinski definition) is 4. The van der Waals surface area contributed by atoms with Crippen molar-refractivity contribution in [2.24, 2.45) is 0 Å². The molecule has 1 heterocycles. The Labute approximate surface area is 120 Å². The number of aliphatic hydroxyl groups is 1. The Morgan fingerprint density at radius 3 is 2.75 bits per heavy atom. The molecule has 108 valence electrons. The van der Waals surface area contributed by atoms with Gasteiger partial charge in [-0.05, 0) is 43.9 Å². The first-order valence-corrected chi connectivity index (χ1v) is 6.97. The summed E-state index contributed by atoms with van der Waals surface area (Å²) in [6, 6.07) is 8.35. The van der Waals surface area contributed by atoms with Crippen molar-refractivity contribution in [2.75, 3.05) is 25.2 Å². The maximum absolute atomic E-state index is 9.07. The van der Waals surface area contributed by atoms with Gasteiger partial charge in [-0.15, -0.1) is 0 Å². The van der Waals surface area contributed by atoms with Gasteiger partial charge in [-0.1, -0.05) is 6.07 Å². The topological polar surface area (TPSA) is 45.6 Å². The summed E-state index contributed by atoms with van der Waals surface area (Å²) in [6.45, 7) is 5.25. The molecule has 1 N–H and O–H groups in total. The average molecular weight is 274 g/mol. The number of nitrogens with zero attached hydrogens (tertiary/aromatic N) is 2. The van der Waals surface area contributed by atoms with Crippen LogP contribution in [0.15, 0.2) is 30.5 Å². The van der Waals surface area contributed by atoms with Crippen LogP contribution in [0.4, 0.5) is 5.82 Å². The van der Waals surface area contributed by atoms with Crippen LogP contribution in [-0.2, 0) is 0 Å². The zero-order valence-corrected chi connectivity index (χ0v) is 12.3. The van der Waals surface area contributed by atoms with Crippen LogP contribution in [0.25, 0.3) is 10.8 Å². The lowest BCUT2D eigenvalue weighted by atomic mass is 10.1. The van der Waals surface area contributed by atoms with Gasteiger partial charge in [-0.2, -0.15) is 0 Å². The molecule has 0 spiro atoms. The predicted octanol–water partition coefficient (Wildman–Crippen LogP) is 2.84. The number of pyridine rings is 1. The molecule has 1 aromatic carbocycles. The third kappa shape index (κ3) is 3.02. The van der Waals surface area contributed by atoms with Crippen LogP contribution in [0.2, 0.25) is 0 Å².